The summed E-state index contributed by atoms with van der Waals surface area (Å²) in [6.45, 7) is 10.1. The van der Waals surface area contributed by atoms with Gasteiger partial charge in [0.15, 0.2) is 0 Å². The van der Waals surface area contributed by atoms with Crippen LogP contribution < -0.4 is 5.73 Å². The molecule has 0 bridgehead atoms. The van der Waals surface area contributed by atoms with E-state index < -0.39 is 17.1 Å². The lowest BCUT2D eigenvalue weighted by molar-refractivity contribution is -0.218. The zero-order valence-electron chi connectivity index (χ0n) is 11.1. The lowest BCUT2D eigenvalue weighted by Gasteiger charge is -2.39. The first-order valence-corrected chi connectivity index (χ1v) is 5.52. The van der Waals surface area contributed by atoms with Crippen molar-refractivity contribution in [2.75, 3.05) is 0 Å². The molecule has 0 aliphatic carbocycles. The van der Waals surface area contributed by atoms with Crippen LogP contribution in [-0.4, -0.2) is 11.7 Å². The molecule has 0 radical (unpaired) electrons. The molecule has 0 rings (SSSR count). The summed E-state index contributed by atoms with van der Waals surface area (Å²) in [4.78, 5) is 0. The zero-order chi connectivity index (χ0) is 13.4. The summed E-state index contributed by atoms with van der Waals surface area (Å²) in [6.07, 6.45) is -3.69. The fraction of sp³-hybridized carbons (Fsp3) is 1.00. The van der Waals surface area contributed by atoms with Gasteiger partial charge in [-0.25, -0.2) is 0 Å². The van der Waals surface area contributed by atoms with Crippen molar-refractivity contribution >= 4 is 0 Å². The SMILES string of the molecule is CC(C)(C)CC(C)(N)CC(C)(C)C(F)(F)F. The maximum absolute atomic E-state index is 12.7. The molecule has 1 unspecified atom stereocenters. The van der Waals surface area contributed by atoms with Gasteiger partial charge in [0.1, 0.15) is 0 Å². The first-order valence-electron chi connectivity index (χ1n) is 5.52. The minimum absolute atomic E-state index is 0.0548. The van der Waals surface area contributed by atoms with Crippen molar-refractivity contribution in [2.45, 2.75) is 66.1 Å². The van der Waals surface area contributed by atoms with Gasteiger partial charge in [0, 0.05) is 5.54 Å². The van der Waals surface area contributed by atoms with Crippen LogP contribution in [0, 0.1) is 10.8 Å². The molecule has 0 aliphatic rings. The van der Waals surface area contributed by atoms with Gasteiger partial charge in [-0.2, -0.15) is 13.2 Å². The molecule has 0 aromatic rings. The van der Waals surface area contributed by atoms with Crippen molar-refractivity contribution in [3.8, 4) is 0 Å². The molecule has 2 N–H and O–H groups in total. The number of rotatable bonds is 3. The Hall–Kier alpha value is -0.250. The van der Waals surface area contributed by atoms with E-state index in [1.165, 1.54) is 13.8 Å². The van der Waals surface area contributed by atoms with E-state index >= 15 is 0 Å². The molecule has 0 spiro atoms. The van der Waals surface area contributed by atoms with E-state index in [4.69, 9.17) is 5.73 Å². The second-order valence-corrected chi connectivity index (χ2v) is 6.95. The highest BCUT2D eigenvalue weighted by molar-refractivity contribution is 4.92. The van der Waals surface area contributed by atoms with Gasteiger partial charge in [0.2, 0.25) is 0 Å². The van der Waals surface area contributed by atoms with Crippen molar-refractivity contribution in [2.24, 2.45) is 16.6 Å². The molecule has 1 atom stereocenters. The average molecular weight is 239 g/mol. The van der Waals surface area contributed by atoms with Gasteiger partial charge in [0.05, 0.1) is 5.41 Å². The number of hydrogen-bond donors (Lipinski definition) is 1. The number of alkyl halides is 3. The van der Waals surface area contributed by atoms with Crippen LogP contribution >= 0.6 is 0 Å². The Balaban J connectivity index is 4.72. The van der Waals surface area contributed by atoms with Gasteiger partial charge in [-0.15, -0.1) is 0 Å². The van der Waals surface area contributed by atoms with E-state index in [2.05, 4.69) is 0 Å². The molecule has 16 heavy (non-hydrogen) atoms. The standard InChI is InChI=1S/C12H24F3N/c1-9(2,3)7-11(6,16)8-10(4,5)12(13,14)15/h7-8,16H2,1-6H3. The van der Waals surface area contributed by atoms with Gasteiger partial charge < -0.3 is 5.73 Å². The fourth-order valence-corrected chi connectivity index (χ4v) is 2.38. The Morgan fingerprint density at radius 1 is 0.812 bits per heavy atom. The zero-order valence-corrected chi connectivity index (χ0v) is 11.1. The lowest BCUT2D eigenvalue weighted by Crippen LogP contribution is -2.47. The highest BCUT2D eigenvalue weighted by atomic mass is 19.4. The van der Waals surface area contributed by atoms with Crippen molar-refractivity contribution in [3.63, 3.8) is 0 Å². The van der Waals surface area contributed by atoms with Gasteiger partial charge in [-0.3, -0.25) is 0 Å². The maximum Gasteiger partial charge on any atom is 0.394 e. The first-order chi connectivity index (χ1) is 6.66. The molecule has 0 aliphatic heterocycles. The molecule has 0 saturated carbocycles. The molecule has 4 heteroatoms. The third kappa shape index (κ3) is 5.19. The van der Waals surface area contributed by atoms with Crippen LogP contribution in [0.5, 0.6) is 0 Å². The Labute approximate surface area is 96.6 Å². The molecule has 0 saturated heterocycles. The molecule has 0 heterocycles. The summed E-state index contributed by atoms with van der Waals surface area (Å²) >= 11 is 0. The third-order valence-corrected chi connectivity index (χ3v) is 2.55. The Kier molecular flexibility index (Phi) is 4.14. The molecule has 0 aromatic heterocycles. The number of halogens is 3. The summed E-state index contributed by atoms with van der Waals surface area (Å²) in [5.41, 5.74) is 3.39. The third-order valence-electron chi connectivity index (χ3n) is 2.55. The topological polar surface area (TPSA) is 26.0 Å². The van der Waals surface area contributed by atoms with Crippen LogP contribution in [-0.2, 0) is 0 Å². The summed E-state index contributed by atoms with van der Waals surface area (Å²) in [5, 5.41) is 0. The van der Waals surface area contributed by atoms with Crippen LogP contribution in [0.3, 0.4) is 0 Å². The van der Waals surface area contributed by atoms with Crippen molar-refractivity contribution in [1.82, 2.24) is 0 Å². The van der Waals surface area contributed by atoms with E-state index in [-0.39, 0.29) is 11.8 Å². The van der Waals surface area contributed by atoms with Crippen LogP contribution in [0.4, 0.5) is 13.2 Å². The minimum atomic E-state index is -4.20. The Morgan fingerprint density at radius 3 is 1.44 bits per heavy atom. The van der Waals surface area contributed by atoms with Gasteiger partial charge in [0.25, 0.3) is 0 Å². The van der Waals surface area contributed by atoms with Crippen molar-refractivity contribution in [3.05, 3.63) is 0 Å². The van der Waals surface area contributed by atoms with Crippen LogP contribution in [0.2, 0.25) is 0 Å². The average Bonchev–Trinajstić information content (AvgIpc) is 1.72. The van der Waals surface area contributed by atoms with Gasteiger partial charge in [-0.1, -0.05) is 34.6 Å². The number of nitrogens with two attached hydrogens (primary N) is 1. The van der Waals surface area contributed by atoms with Crippen molar-refractivity contribution < 1.29 is 13.2 Å². The van der Waals surface area contributed by atoms with E-state index in [9.17, 15) is 13.2 Å². The smallest absolute Gasteiger partial charge is 0.325 e. The lowest BCUT2D eigenvalue weighted by atomic mass is 9.72. The van der Waals surface area contributed by atoms with E-state index in [0.29, 0.717) is 6.42 Å². The highest BCUT2D eigenvalue weighted by Gasteiger charge is 2.50. The molecule has 1 nitrogen and oxygen atoms in total. The molecule has 98 valence electrons. The summed E-state index contributed by atoms with van der Waals surface area (Å²) < 4.78 is 38.2. The second kappa shape index (κ2) is 4.21. The molecule has 0 amide bonds. The predicted molar refractivity (Wildman–Crippen MR) is 61.1 cm³/mol. The predicted octanol–water partition coefficient (Wildman–Crippen LogP) is 4.12. The Bertz CT molecular complexity index is 234. The Morgan fingerprint density at radius 2 is 1.19 bits per heavy atom. The quantitative estimate of drug-likeness (QED) is 0.787. The van der Waals surface area contributed by atoms with Gasteiger partial charge in [-0.05, 0) is 25.2 Å². The highest BCUT2D eigenvalue weighted by Crippen LogP contribution is 2.44. The van der Waals surface area contributed by atoms with E-state index in [1.54, 1.807) is 6.92 Å². The maximum atomic E-state index is 12.7. The largest absolute Gasteiger partial charge is 0.394 e. The summed E-state index contributed by atoms with van der Waals surface area (Å²) in [7, 11) is 0. The normalized spacial score (nSPS) is 18.4. The fourth-order valence-electron chi connectivity index (χ4n) is 2.38. The van der Waals surface area contributed by atoms with E-state index in [0.717, 1.165) is 0 Å². The van der Waals surface area contributed by atoms with Crippen LogP contribution in [0.15, 0.2) is 0 Å². The van der Waals surface area contributed by atoms with E-state index in [1.807, 2.05) is 20.8 Å². The molecular weight excluding hydrogens is 215 g/mol. The van der Waals surface area contributed by atoms with Gasteiger partial charge >= 0.3 is 6.18 Å². The van der Waals surface area contributed by atoms with Crippen LogP contribution in [0.25, 0.3) is 0 Å². The molecule has 0 aromatic carbocycles. The summed E-state index contributed by atoms with van der Waals surface area (Å²) in [5.74, 6) is 0. The van der Waals surface area contributed by atoms with Crippen LogP contribution in [0.1, 0.15) is 54.4 Å². The monoisotopic (exact) mass is 239 g/mol. The van der Waals surface area contributed by atoms with Crippen molar-refractivity contribution in [1.29, 1.82) is 0 Å². The second-order valence-electron chi connectivity index (χ2n) is 6.95. The molecule has 0 fully saturated rings. The number of hydrogen-bond acceptors (Lipinski definition) is 1. The minimum Gasteiger partial charge on any atom is -0.325 e. The first kappa shape index (κ1) is 15.8. The molecular formula is C12H24F3N. The summed E-state index contributed by atoms with van der Waals surface area (Å²) in [6, 6.07) is 0.